The fourth-order valence-corrected chi connectivity index (χ4v) is 2.97. The van der Waals surface area contributed by atoms with Crippen molar-refractivity contribution in [2.75, 3.05) is 56.3 Å². The third kappa shape index (κ3) is 5.04. The molecule has 0 aliphatic carbocycles. The highest BCUT2D eigenvalue weighted by Crippen LogP contribution is 2.18. The lowest BCUT2D eigenvalue weighted by atomic mass is 10.1. The summed E-state index contributed by atoms with van der Waals surface area (Å²) in [6, 6.07) is 5.84. The van der Waals surface area contributed by atoms with Crippen molar-refractivity contribution in [2.24, 2.45) is 0 Å². The number of rotatable bonds is 5. The summed E-state index contributed by atoms with van der Waals surface area (Å²) in [5, 5.41) is 14.5. The molecule has 0 saturated carbocycles. The SMILES string of the molecule is CNc1ccc(C)c(C#CC(=N)c2c(N)ncnc2NCC(=O)N2CCOCC2)c1. The fraction of sp³-hybridized carbons (Fsp3) is 0.333. The molecule has 1 aromatic carbocycles. The highest BCUT2D eigenvalue weighted by Gasteiger charge is 2.18. The summed E-state index contributed by atoms with van der Waals surface area (Å²) in [7, 11) is 1.84. The normalized spacial score (nSPS) is 13.2. The Balaban J connectivity index is 1.78. The van der Waals surface area contributed by atoms with Crippen molar-refractivity contribution >= 4 is 28.9 Å². The van der Waals surface area contributed by atoms with E-state index < -0.39 is 0 Å². The lowest BCUT2D eigenvalue weighted by molar-refractivity contribution is -0.133. The number of nitrogens with two attached hydrogens (primary N) is 1. The molecule has 1 fully saturated rings. The average molecular weight is 407 g/mol. The molecule has 0 bridgehead atoms. The van der Waals surface area contributed by atoms with Gasteiger partial charge in [-0.25, -0.2) is 9.97 Å². The number of benzene rings is 1. The van der Waals surface area contributed by atoms with Crippen LogP contribution < -0.4 is 16.4 Å². The van der Waals surface area contributed by atoms with Crippen LogP contribution in [0.3, 0.4) is 0 Å². The van der Waals surface area contributed by atoms with E-state index in [0.717, 1.165) is 16.8 Å². The van der Waals surface area contributed by atoms with E-state index in [0.29, 0.717) is 32.1 Å². The second-order valence-electron chi connectivity index (χ2n) is 6.73. The number of amides is 1. The maximum atomic E-state index is 12.4. The van der Waals surface area contributed by atoms with Crippen LogP contribution in [0.1, 0.15) is 16.7 Å². The maximum absolute atomic E-state index is 12.4. The second kappa shape index (κ2) is 9.71. The van der Waals surface area contributed by atoms with Gasteiger partial charge in [0, 0.05) is 31.4 Å². The minimum Gasteiger partial charge on any atom is -0.388 e. The molecule has 0 radical (unpaired) electrons. The summed E-state index contributed by atoms with van der Waals surface area (Å²) < 4.78 is 5.27. The Morgan fingerprint density at radius 3 is 2.83 bits per heavy atom. The van der Waals surface area contributed by atoms with Gasteiger partial charge in [-0.2, -0.15) is 0 Å². The van der Waals surface area contributed by atoms with E-state index in [-0.39, 0.29) is 29.5 Å². The first kappa shape index (κ1) is 21.1. The minimum absolute atomic E-state index is 0.0244. The number of nitrogens with zero attached hydrogens (tertiary/aromatic N) is 3. The molecule has 3 rings (SSSR count). The first-order valence-electron chi connectivity index (χ1n) is 9.58. The zero-order valence-electron chi connectivity index (χ0n) is 17.1. The molecule has 0 unspecified atom stereocenters. The molecule has 1 aromatic heterocycles. The van der Waals surface area contributed by atoms with Gasteiger partial charge in [-0.3, -0.25) is 10.2 Å². The van der Waals surface area contributed by atoms with E-state index in [1.54, 1.807) is 4.90 Å². The summed E-state index contributed by atoms with van der Waals surface area (Å²) in [6.07, 6.45) is 1.29. The van der Waals surface area contributed by atoms with Crippen LogP contribution in [0.5, 0.6) is 0 Å². The molecule has 5 N–H and O–H groups in total. The molecule has 30 heavy (non-hydrogen) atoms. The van der Waals surface area contributed by atoms with Gasteiger partial charge in [-0.05, 0) is 30.5 Å². The molecule has 156 valence electrons. The van der Waals surface area contributed by atoms with Crippen molar-refractivity contribution in [2.45, 2.75) is 6.92 Å². The number of nitrogen functional groups attached to an aromatic ring is 1. The van der Waals surface area contributed by atoms with Crippen molar-refractivity contribution in [1.82, 2.24) is 14.9 Å². The van der Waals surface area contributed by atoms with Gasteiger partial charge in [-0.1, -0.05) is 12.0 Å². The quantitative estimate of drug-likeness (QED) is 0.431. The number of anilines is 3. The van der Waals surface area contributed by atoms with Crippen molar-refractivity contribution < 1.29 is 9.53 Å². The monoisotopic (exact) mass is 407 g/mol. The van der Waals surface area contributed by atoms with E-state index in [1.165, 1.54) is 6.33 Å². The average Bonchev–Trinajstić information content (AvgIpc) is 2.77. The first-order chi connectivity index (χ1) is 14.5. The Morgan fingerprint density at radius 1 is 1.33 bits per heavy atom. The number of hydrogen-bond donors (Lipinski definition) is 4. The fourth-order valence-electron chi connectivity index (χ4n) is 2.97. The molecule has 9 heteroatoms. The molecule has 0 atom stereocenters. The number of carbonyl (C=O) groups is 1. The highest BCUT2D eigenvalue weighted by atomic mass is 16.5. The number of aryl methyl sites for hydroxylation is 1. The van der Waals surface area contributed by atoms with Crippen LogP contribution in [0, 0.1) is 24.2 Å². The molecule has 2 heterocycles. The molecule has 1 aliphatic rings. The van der Waals surface area contributed by atoms with E-state index in [4.69, 9.17) is 15.9 Å². The number of morpholine rings is 1. The second-order valence-corrected chi connectivity index (χ2v) is 6.73. The third-order valence-corrected chi connectivity index (χ3v) is 4.75. The Bertz CT molecular complexity index is 1000. The smallest absolute Gasteiger partial charge is 0.242 e. The number of nitrogens with one attached hydrogen (secondary N) is 3. The zero-order chi connectivity index (χ0) is 21.5. The highest BCUT2D eigenvalue weighted by molar-refractivity contribution is 6.16. The van der Waals surface area contributed by atoms with Gasteiger partial charge >= 0.3 is 0 Å². The number of hydrogen-bond acceptors (Lipinski definition) is 8. The van der Waals surface area contributed by atoms with E-state index in [2.05, 4.69) is 32.4 Å². The lowest BCUT2D eigenvalue weighted by Crippen LogP contribution is -2.43. The molecule has 2 aromatic rings. The van der Waals surface area contributed by atoms with Crippen LogP contribution in [0.4, 0.5) is 17.3 Å². The number of carbonyl (C=O) groups excluding carboxylic acids is 1. The summed E-state index contributed by atoms with van der Waals surface area (Å²) in [4.78, 5) is 22.3. The van der Waals surface area contributed by atoms with Gasteiger partial charge in [0.05, 0.1) is 25.3 Å². The molecular weight excluding hydrogens is 382 g/mol. The molecular formula is C21H25N7O2. The van der Waals surface area contributed by atoms with Gasteiger partial charge in [0.2, 0.25) is 5.91 Å². The predicted octanol–water partition coefficient (Wildman–Crippen LogP) is 1.10. The summed E-state index contributed by atoms with van der Waals surface area (Å²) in [5.41, 5.74) is 8.99. The van der Waals surface area contributed by atoms with E-state index in [1.807, 2.05) is 32.2 Å². The molecule has 9 nitrogen and oxygen atoms in total. The van der Waals surface area contributed by atoms with Crippen molar-refractivity contribution in [3.63, 3.8) is 0 Å². The largest absolute Gasteiger partial charge is 0.388 e. The third-order valence-electron chi connectivity index (χ3n) is 4.75. The molecule has 1 amide bonds. The van der Waals surface area contributed by atoms with Crippen LogP contribution in [0.15, 0.2) is 24.5 Å². The standard InChI is InChI=1S/C21H25N7O2/c1-14-3-5-16(24-2)11-15(14)4-6-17(22)19-20(23)26-13-27-21(19)25-12-18(29)28-7-9-30-10-8-28/h3,5,11,13,22,24H,7-10,12H2,1-2H3,(H3,23,25,26,27). The lowest BCUT2D eigenvalue weighted by Gasteiger charge is -2.27. The number of ether oxygens (including phenoxy) is 1. The van der Waals surface area contributed by atoms with Gasteiger partial charge in [0.1, 0.15) is 23.7 Å². The Morgan fingerprint density at radius 2 is 2.10 bits per heavy atom. The van der Waals surface area contributed by atoms with Gasteiger partial charge in [-0.15, -0.1) is 0 Å². The topological polar surface area (TPSA) is 129 Å². The molecule has 1 saturated heterocycles. The van der Waals surface area contributed by atoms with Gasteiger partial charge in [0.25, 0.3) is 0 Å². The van der Waals surface area contributed by atoms with Crippen molar-refractivity contribution in [3.05, 3.63) is 41.2 Å². The van der Waals surface area contributed by atoms with Crippen molar-refractivity contribution in [3.8, 4) is 11.8 Å². The Kier molecular flexibility index (Phi) is 6.83. The Labute approximate surface area is 175 Å². The van der Waals surface area contributed by atoms with Gasteiger partial charge in [0.15, 0.2) is 0 Å². The molecule has 0 spiro atoms. The van der Waals surface area contributed by atoms with E-state index in [9.17, 15) is 4.79 Å². The summed E-state index contributed by atoms with van der Waals surface area (Å²) >= 11 is 0. The first-order valence-corrected chi connectivity index (χ1v) is 9.58. The predicted molar refractivity (Wildman–Crippen MR) is 117 cm³/mol. The van der Waals surface area contributed by atoms with Crippen LogP contribution in [0.2, 0.25) is 0 Å². The van der Waals surface area contributed by atoms with Crippen LogP contribution in [-0.2, 0) is 9.53 Å². The van der Waals surface area contributed by atoms with Crippen LogP contribution >= 0.6 is 0 Å². The van der Waals surface area contributed by atoms with Crippen LogP contribution in [-0.4, -0.2) is 66.4 Å². The van der Waals surface area contributed by atoms with E-state index >= 15 is 0 Å². The number of aromatic nitrogens is 2. The minimum atomic E-state index is -0.0708. The Hall–Kier alpha value is -3.64. The summed E-state index contributed by atoms with van der Waals surface area (Å²) in [6.45, 7) is 4.18. The van der Waals surface area contributed by atoms with Crippen LogP contribution in [0.25, 0.3) is 0 Å². The summed E-state index contributed by atoms with van der Waals surface area (Å²) in [5.74, 6) is 6.22. The van der Waals surface area contributed by atoms with Crippen molar-refractivity contribution in [1.29, 1.82) is 5.41 Å². The molecule has 1 aliphatic heterocycles. The zero-order valence-corrected chi connectivity index (χ0v) is 17.1. The van der Waals surface area contributed by atoms with Gasteiger partial charge < -0.3 is 26.0 Å². The maximum Gasteiger partial charge on any atom is 0.242 e.